The maximum atomic E-state index is 11.7. The van der Waals surface area contributed by atoms with Gasteiger partial charge in [0, 0.05) is 31.2 Å². The fourth-order valence-corrected chi connectivity index (χ4v) is 2.78. The van der Waals surface area contributed by atoms with Crippen LogP contribution in [0.15, 0.2) is 18.2 Å². The number of methoxy groups -OCH3 is 1. The quantitative estimate of drug-likeness (QED) is 0.909. The average Bonchev–Trinajstić information content (AvgIpc) is 2.54. The summed E-state index contributed by atoms with van der Waals surface area (Å²) in [7, 11) is 1.70. The zero-order valence-corrected chi connectivity index (χ0v) is 13.7. The number of hydrogen-bond acceptors (Lipinski definition) is 4. The molecule has 22 heavy (non-hydrogen) atoms. The van der Waals surface area contributed by atoms with Crippen LogP contribution in [0.3, 0.4) is 0 Å². The molecular formula is C17H26N2O3. The summed E-state index contributed by atoms with van der Waals surface area (Å²) in [5.41, 5.74) is 2.41. The largest absolute Gasteiger partial charge is 0.496 e. The Morgan fingerprint density at radius 1 is 1.36 bits per heavy atom. The molecule has 1 aromatic carbocycles. The summed E-state index contributed by atoms with van der Waals surface area (Å²) in [5, 5.41) is 3.57. The van der Waals surface area contributed by atoms with Crippen molar-refractivity contribution in [3.8, 4) is 5.75 Å². The molecule has 1 N–H and O–H groups in total. The maximum Gasteiger partial charge on any atom is 0.409 e. The molecule has 1 fully saturated rings. The van der Waals surface area contributed by atoms with Crippen LogP contribution < -0.4 is 10.1 Å². The molecule has 0 saturated carbocycles. The summed E-state index contributed by atoms with van der Waals surface area (Å²) >= 11 is 0. The second kappa shape index (κ2) is 8.03. The zero-order valence-electron chi connectivity index (χ0n) is 13.7. The molecule has 0 aromatic heterocycles. The van der Waals surface area contributed by atoms with Gasteiger partial charge in [0.15, 0.2) is 0 Å². The first-order valence-corrected chi connectivity index (χ1v) is 7.92. The lowest BCUT2D eigenvalue weighted by Gasteiger charge is -2.31. The predicted octanol–water partition coefficient (Wildman–Crippen LogP) is 2.71. The van der Waals surface area contributed by atoms with E-state index in [-0.39, 0.29) is 6.09 Å². The van der Waals surface area contributed by atoms with Gasteiger partial charge in [-0.1, -0.05) is 17.7 Å². The lowest BCUT2D eigenvalue weighted by Crippen LogP contribution is -2.44. The molecule has 1 heterocycles. The summed E-state index contributed by atoms with van der Waals surface area (Å²) in [5.74, 6) is 0.919. The highest BCUT2D eigenvalue weighted by molar-refractivity contribution is 5.67. The number of nitrogens with zero attached hydrogens (tertiary/aromatic N) is 1. The van der Waals surface area contributed by atoms with E-state index < -0.39 is 0 Å². The molecule has 0 atom stereocenters. The Labute approximate surface area is 132 Å². The van der Waals surface area contributed by atoms with E-state index in [2.05, 4.69) is 24.4 Å². The number of amides is 1. The van der Waals surface area contributed by atoms with Crippen molar-refractivity contribution in [2.45, 2.75) is 39.3 Å². The van der Waals surface area contributed by atoms with Gasteiger partial charge in [0.25, 0.3) is 0 Å². The van der Waals surface area contributed by atoms with Crippen molar-refractivity contribution in [3.63, 3.8) is 0 Å². The smallest absolute Gasteiger partial charge is 0.409 e. The molecule has 122 valence electrons. The van der Waals surface area contributed by atoms with E-state index in [0.29, 0.717) is 12.6 Å². The van der Waals surface area contributed by atoms with Crippen LogP contribution in [0.4, 0.5) is 4.79 Å². The fourth-order valence-electron chi connectivity index (χ4n) is 2.78. The molecule has 2 rings (SSSR count). The van der Waals surface area contributed by atoms with E-state index in [1.807, 2.05) is 13.0 Å². The van der Waals surface area contributed by atoms with Gasteiger partial charge in [0.2, 0.25) is 0 Å². The van der Waals surface area contributed by atoms with Crippen molar-refractivity contribution in [2.24, 2.45) is 0 Å². The SMILES string of the molecule is CCOC(=O)N1CCC(NCc2cc(C)ccc2OC)CC1. The fraction of sp³-hybridized carbons (Fsp3) is 0.588. The van der Waals surface area contributed by atoms with Gasteiger partial charge in [-0.2, -0.15) is 0 Å². The highest BCUT2D eigenvalue weighted by Gasteiger charge is 2.23. The Morgan fingerprint density at radius 2 is 2.09 bits per heavy atom. The normalized spacial score (nSPS) is 15.7. The molecular weight excluding hydrogens is 280 g/mol. The van der Waals surface area contributed by atoms with Gasteiger partial charge in [-0.05, 0) is 32.8 Å². The number of carbonyl (C=O) groups excluding carboxylic acids is 1. The van der Waals surface area contributed by atoms with E-state index >= 15 is 0 Å². The van der Waals surface area contributed by atoms with Crippen LogP contribution in [0.25, 0.3) is 0 Å². The topological polar surface area (TPSA) is 50.8 Å². The summed E-state index contributed by atoms with van der Waals surface area (Å²) in [6.07, 6.45) is 1.71. The third kappa shape index (κ3) is 4.37. The van der Waals surface area contributed by atoms with E-state index in [1.54, 1.807) is 12.0 Å². The van der Waals surface area contributed by atoms with Crippen LogP contribution in [0, 0.1) is 6.92 Å². The Morgan fingerprint density at radius 3 is 2.73 bits per heavy atom. The third-order valence-electron chi connectivity index (χ3n) is 4.04. The third-order valence-corrected chi connectivity index (χ3v) is 4.04. The summed E-state index contributed by atoms with van der Waals surface area (Å²) in [6, 6.07) is 6.64. The number of ether oxygens (including phenoxy) is 2. The minimum Gasteiger partial charge on any atom is -0.496 e. The molecule has 5 nitrogen and oxygen atoms in total. The van der Waals surface area contributed by atoms with Crippen LogP contribution in [0.2, 0.25) is 0 Å². The second-order valence-electron chi connectivity index (χ2n) is 5.66. The van der Waals surface area contributed by atoms with Crippen LogP contribution >= 0.6 is 0 Å². The lowest BCUT2D eigenvalue weighted by atomic mass is 10.0. The molecule has 1 amide bonds. The van der Waals surface area contributed by atoms with Crippen molar-refractivity contribution < 1.29 is 14.3 Å². The van der Waals surface area contributed by atoms with Crippen molar-refractivity contribution in [1.29, 1.82) is 0 Å². The first-order valence-electron chi connectivity index (χ1n) is 7.92. The van der Waals surface area contributed by atoms with Gasteiger partial charge in [-0.15, -0.1) is 0 Å². The van der Waals surface area contributed by atoms with Gasteiger partial charge < -0.3 is 19.7 Å². The first-order chi connectivity index (χ1) is 10.6. The van der Waals surface area contributed by atoms with Gasteiger partial charge in [0.05, 0.1) is 13.7 Å². The highest BCUT2D eigenvalue weighted by Crippen LogP contribution is 2.20. The molecule has 1 aliphatic rings. The lowest BCUT2D eigenvalue weighted by molar-refractivity contribution is 0.0950. The average molecular weight is 306 g/mol. The van der Waals surface area contributed by atoms with Crippen LogP contribution in [-0.4, -0.2) is 43.8 Å². The molecule has 1 saturated heterocycles. The number of hydrogen-bond donors (Lipinski definition) is 1. The first kappa shape index (κ1) is 16.6. The summed E-state index contributed by atoms with van der Waals surface area (Å²) < 4.78 is 10.4. The van der Waals surface area contributed by atoms with Gasteiger partial charge in [-0.25, -0.2) is 4.79 Å². The van der Waals surface area contributed by atoms with Crippen molar-refractivity contribution in [1.82, 2.24) is 10.2 Å². The Bertz CT molecular complexity index is 497. The molecule has 5 heteroatoms. The molecule has 0 aliphatic carbocycles. The van der Waals surface area contributed by atoms with Crippen LogP contribution in [0.1, 0.15) is 30.9 Å². The van der Waals surface area contributed by atoms with Crippen molar-refractivity contribution in [2.75, 3.05) is 26.8 Å². The Kier molecular flexibility index (Phi) is 6.07. The molecule has 1 aliphatic heterocycles. The molecule has 1 aromatic rings. The standard InChI is InChI=1S/C17H26N2O3/c1-4-22-17(20)19-9-7-15(8-10-19)18-12-14-11-13(2)5-6-16(14)21-3/h5-6,11,15,18H,4,7-10,12H2,1-3H3. The number of rotatable bonds is 5. The number of benzene rings is 1. The minimum absolute atomic E-state index is 0.193. The number of piperidine rings is 1. The maximum absolute atomic E-state index is 11.7. The number of carbonyl (C=O) groups is 1. The van der Waals surface area contributed by atoms with E-state index in [0.717, 1.165) is 38.2 Å². The highest BCUT2D eigenvalue weighted by atomic mass is 16.6. The Balaban J connectivity index is 1.82. The molecule has 0 unspecified atom stereocenters. The number of nitrogens with one attached hydrogen (secondary N) is 1. The summed E-state index contributed by atoms with van der Waals surface area (Å²) in [6.45, 7) is 6.64. The Hall–Kier alpha value is -1.75. The molecule has 0 bridgehead atoms. The number of likely N-dealkylation sites (tertiary alicyclic amines) is 1. The van der Waals surface area contributed by atoms with Crippen LogP contribution in [-0.2, 0) is 11.3 Å². The van der Waals surface area contributed by atoms with Gasteiger partial charge in [-0.3, -0.25) is 0 Å². The van der Waals surface area contributed by atoms with Crippen molar-refractivity contribution >= 4 is 6.09 Å². The summed E-state index contributed by atoms with van der Waals surface area (Å²) in [4.78, 5) is 13.5. The minimum atomic E-state index is -0.193. The van der Waals surface area contributed by atoms with Crippen molar-refractivity contribution in [3.05, 3.63) is 29.3 Å². The van der Waals surface area contributed by atoms with E-state index in [4.69, 9.17) is 9.47 Å². The number of aryl methyl sites for hydroxylation is 1. The van der Waals surface area contributed by atoms with E-state index in [1.165, 1.54) is 11.1 Å². The zero-order chi connectivity index (χ0) is 15.9. The molecule has 0 spiro atoms. The predicted molar refractivity (Wildman–Crippen MR) is 86.2 cm³/mol. The van der Waals surface area contributed by atoms with Gasteiger partial charge >= 0.3 is 6.09 Å². The van der Waals surface area contributed by atoms with Crippen LogP contribution in [0.5, 0.6) is 5.75 Å². The molecule has 0 radical (unpaired) electrons. The van der Waals surface area contributed by atoms with Gasteiger partial charge in [0.1, 0.15) is 5.75 Å². The second-order valence-corrected chi connectivity index (χ2v) is 5.66. The monoisotopic (exact) mass is 306 g/mol. The van der Waals surface area contributed by atoms with E-state index in [9.17, 15) is 4.79 Å².